The molecule has 47 heavy (non-hydrogen) atoms. The highest BCUT2D eigenvalue weighted by atomic mass is 16.5. The van der Waals surface area contributed by atoms with Gasteiger partial charge in [-0.25, -0.2) is 4.79 Å². The first-order chi connectivity index (χ1) is 22.8. The van der Waals surface area contributed by atoms with E-state index in [9.17, 15) is 29.1 Å². The fourth-order valence-electron chi connectivity index (χ4n) is 4.59. The van der Waals surface area contributed by atoms with E-state index in [0.29, 0.717) is 26.4 Å². The average molecular weight is 674 g/mol. The van der Waals surface area contributed by atoms with Crippen molar-refractivity contribution in [1.29, 1.82) is 0 Å². The summed E-state index contributed by atoms with van der Waals surface area (Å²) in [5.41, 5.74) is 0. The second-order valence-corrected chi connectivity index (χ2v) is 11.7. The van der Waals surface area contributed by atoms with Crippen molar-refractivity contribution in [3.05, 3.63) is 0 Å². The van der Waals surface area contributed by atoms with E-state index in [0.717, 1.165) is 19.3 Å². The topological polar surface area (TPSA) is 179 Å². The highest BCUT2D eigenvalue weighted by Gasteiger charge is 2.20. The molecule has 0 spiro atoms. The van der Waals surface area contributed by atoms with Gasteiger partial charge in [0.05, 0.1) is 39.6 Å². The first-order valence-electron chi connectivity index (χ1n) is 17.6. The highest BCUT2D eigenvalue weighted by molar-refractivity contribution is 5.84. The van der Waals surface area contributed by atoms with Crippen molar-refractivity contribution in [2.75, 3.05) is 65.9 Å². The molecule has 4 N–H and O–H groups in total. The second kappa shape index (κ2) is 33.3. The van der Waals surface area contributed by atoms with Gasteiger partial charge in [-0.1, -0.05) is 84.0 Å². The lowest BCUT2D eigenvalue weighted by atomic mass is 10.0. The Labute approximate surface area is 281 Å². The zero-order valence-electron chi connectivity index (χ0n) is 29.1. The lowest BCUT2D eigenvalue weighted by Crippen LogP contribution is -2.41. The summed E-state index contributed by atoms with van der Waals surface area (Å²) in [6.45, 7) is 5.80. The molecule has 0 bridgehead atoms. The molecule has 0 aromatic rings. The number of Topliss-reactive ketones (excluding diaryl/α,β-unsaturated/α-hetero) is 1. The van der Waals surface area contributed by atoms with Gasteiger partial charge in [0.2, 0.25) is 17.7 Å². The SMILES string of the molecule is CCCCCCCCCCCCCCCC(=O)NC(CCC(=O)NCCOCCOCC(=O)NCCOCCOCC(C)=O)C(=O)O. The zero-order valence-corrected chi connectivity index (χ0v) is 29.1. The van der Waals surface area contributed by atoms with Gasteiger partial charge in [-0.2, -0.15) is 0 Å². The van der Waals surface area contributed by atoms with E-state index in [-0.39, 0.29) is 82.3 Å². The van der Waals surface area contributed by atoms with Crippen molar-refractivity contribution in [3.8, 4) is 0 Å². The number of carbonyl (C=O) groups excluding carboxylic acids is 4. The van der Waals surface area contributed by atoms with Gasteiger partial charge in [0.15, 0.2) is 5.78 Å². The summed E-state index contributed by atoms with van der Waals surface area (Å²) in [7, 11) is 0. The third-order valence-corrected chi connectivity index (χ3v) is 7.22. The maximum absolute atomic E-state index is 12.2. The smallest absolute Gasteiger partial charge is 0.326 e. The largest absolute Gasteiger partial charge is 0.480 e. The lowest BCUT2D eigenvalue weighted by Gasteiger charge is -2.14. The van der Waals surface area contributed by atoms with Crippen LogP contribution in [-0.2, 0) is 42.9 Å². The summed E-state index contributed by atoms with van der Waals surface area (Å²) in [6, 6.07) is -1.11. The number of amides is 3. The number of carboxylic acid groups (broad SMARTS) is 1. The van der Waals surface area contributed by atoms with Crippen LogP contribution in [0.5, 0.6) is 0 Å². The van der Waals surface area contributed by atoms with Gasteiger partial charge in [0.25, 0.3) is 0 Å². The van der Waals surface area contributed by atoms with Gasteiger partial charge in [0, 0.05) is 25.9 Å². The summed E-state index contributed by atoms with van der Waals surface area (Å²) in [5, 5.41) is 17.3. The molecule has 0 saturated heterocycles. The first kappa shape index (κ1) is 44.4. The maximum atomic E-state index is 12.2. The Morgan fingerprint density at radius 2 is 1.02 bits per heavy atom. The molecule has 0 fully saturated rings. The Kier molecular flexibility index (Phi) is 31.4. The van der Waals surface area contributed by atoms with E-state index in [1.165, 1.54) is 71.1 Å². The second-order valence-electron chi connectivity index (χ2n) is 11.7. The van der Waals surface area contributed by atoms with Crippen molar-refractivity contribution >= 4 is 29.5 Å². The van der Waals surface area contributed by atoms with Gasteiger partial charge in [-0.05, 0) is 19.8 Å². The van der Waals surface area contributed by atoms with Crippen LogP contribution in [0.2, 0.25) is 0 Å². The third-order valence-electron chi connectivity index (χ3n) is 7.22. The molecular weight excluding hydrogens is 610 g/mol. The fraction of sp³-hybridized carbons (Fsp3) is 0.853. The molecule has 0 rings (SSSR count). The summed E-state index contributed by atoms with van der Waals surface area (Å²) >= 11 is 0. The molecule has 0 heterocycles. The molecular formula is C34H63N3O10. The minimum atomic E-state index is -1.16. The Bertz CT molecular complexity index is 828. The van der Waals surface area contributed by atoms with Crippen LogP contribution in [0, 0.1) is 0 Å². The van der Waals surface area contributed by atoms with Crippen molar-refractivity contribution in [3.63, 3.8) is 0 Å². The molecule has 0 aliphatic carbocycles. The molecule has 13 nitrogen and oxygen atoms in total. The van der Waals surface area contributed by atoms with E-state index in [1.54, 1.807) is 0 Å². The van der Waals surface area contributed by atoms with Gasteiger partial charge in [-0.15, -0.1) is 0 Å². The van der Waals surface area contributed by atoms with Crippen LogP contribution < -0.4 is 16.0 Å². The molecule has 274 valence electrons. The quantitative estimate of drug-likeness (QED) is 0.0725. The Morgan fingerprint density at radius 1 is 0.553 bits per heavy atom. The van der Waals surface area contributed by atoms with E-state index in [1.807, 2.05) is 0 Å². The van der Waals surface area contributed by atoms with Crippen LogP contribution in [0.3, 0.4) is 0 Å². The van der Waals surface area contributed by atoms with Gasteiger partial charge >= 0.3 is 5.97 Å². The third kappa shape index (κ3) is 33.1. The number of aliphatic carboxylic acids is 1. The summed E-state index contributed by atoms with van der Waals surface area (Å²) in [6.07, 6.45) is 16.0. The summed E-state index contributed by atoms with van der Waals surface area (Å²) < 4.78 is 20.9. The number of ketones is 1. The van der Waals surface area contributed by atoms with E-state index in [4.69, 9.17) is 18.9 Å². The van der Waals surface area contributed by atoms with Crippen LogP contribution in [0.15, 0.2) is 0 Å². The Morgan fingerprint density at radius 3 is 1.53 bits per heavy atom. The van der Waals surface area contributed by atoms with Crippen LogP contribution >= 0.6 is 0 Å². The number of unbranched alkanes of at least 4 members (excludes halogenated alkanes) is 12. The molecule has 3 amide bonds. The number of rotatable bonds is 35. The predicted molar refractivity (Wildman–Crippen MR) is 179 cm³/mol. The fourth-order valence-corrected chi connectivity index (χ4v) is 4.59. The summed E-state index contributed by atoms with van der Waals surface area (Å²) in [5.74, 6) is -2.12. The molecule has 13 heteroatoms. The van der Waals surface area contributed by atoms with E-state index < -0.39 is 12.0 Å². The molecule has 0 radical (unpaired) electrons. The van der Waals surface area contributed by atoms with Crippen LogP contribution in [0.25, 0.3) is 0 Å². The lowest BCUT2D eigenvalue weighted by molar-refractivity contribution is -0.142. The molecule has 0 aromatic heterocycles. The number of carboxylic acids is 1. The van der Waals surface area contributed by atoms with Crippen molar-refractivity contribution in [2.24, 2.45) is 0 Å². The van der Waals surface area contributed by atoms with Gasteiger partial charge in [0.1, 0.15) is 19.3 Å². The number of hydrogen-bond acceptors (Lipinski definition) is 9. The average Bonchev–Trinajstić information content (AvgIpc) is 3.03. The van der Waals surface area contributed by atoms with Crippen LogP contribution in [0.1, 0.15) is 117 Å². The molecule has 0 aromatic carbocycles. The summed E-state index contributed by atoms with van der Waals surface area (Å²) in [4.78, 5) is 58.4. The van der Waals surface area contributed by atoms with E-state index in [2.05, 4.69) is 22.9 Å². The van der Waals surface area contributed by atoms with Crippen molar-refractivity contribution in [1.82, 2.24) is 16.0 Å². The molecule has 1 atom stereocenters. The van der Waals surface area contributed by atoms with Crippen molar-refractivity contribution in [2.45, 2.75) is 123 Å². The number of hydrogen-bond donors (Lipinski definition) is 4. The van der Waals surface area contributed by atoms with Crippen molar-refractivity contribution < 1.29 is 48.0 Å². The number of ether oxygens (including phenoxy) is 4. The minimum Gasteiger partial charge on any atom is -0.480 e. The first-order valence-corrected chi connectivity index (χ1v) is 17.6. The standard InChI is InChI=1S/C34H63N3O10/c1-3-4-5-6-7-8-9-10-11-12-13-14-15-16-32(40)37-30(34(42)43)17-18-31(39)35-19-21-44-24-26-47-28-33(41)36-20-22-45-23-25-46-27-29(2)38/h30H,3-28H2,1-2H3,(H,35,39)(H,36,41)(H,37,40)(H,42,43). The predicted octanol–water partition coefficient (Wildman–Crippen LogP) is 3.71. The van der Waals surface area contributed by atoms with Crippen LogP contribution in [0.4, 0.5) is 0 Å². The number of carbonyl (C=O) groups is 5. The van der Waals surface area contributed by atoms with Gasteiger partial charge in [-0.3, -0.25) is 19.2 Å². The van der Waals surface area contributed by atoms with E-state index >= 15 is 0 Å². The zero-order chi connectivity index (χ0) is 34.8. The monoisotopic (exact) mass is 673 g/mol. The molecule has 1 unspecified atom stereocenters. The molecule has 0 aliphatic rings. The Balaban J connectivity index is 3.68. The van der Waals surface area contributed by atoms with Gasteiger partial charge < -0.3 is 40.0 Å². The molecule has 0 aliphatic heterocycles. The minimum absolute atomic E-state index is 0.00390. The highest BCUT2D eigenvalue weighted by Crippen LogP contribution is 2.13. The van der Waals surface area contributed by atoms with Crippen LogP contribution in [-0.4, -0.2) is 107 Å². The number of nitrogens with one attached hydrogen (secondary N) is 3. The molecule has 0 saturated carbocycles. The maximum Gasteiger partial charge on any atom is 0.326 e. The Hall–Kier alpha value is -2.61. The normalized spacial score (nSPS) is 11.6.